The predicted molar refractivity (Wildman–Crippen MR) is 66.6 cm³/mol. The molecular formula is C13H13FN4. The van der Waals surface area contributed by atoms with Crippen LogP contribution in [0.25, 0.3) is 0 Å². The van der Waals surface area contributed by atoms with E-state index in [1.165, 1.54) is 6.07 Å². The first-order valence-corrected chi connectivity index (χ1v) is 5.62. The summed E-state index contributed by atoms with van der Waals surface area (Å²) in [5, 5.41) is 11.6. The second-order valence-corrected chi connectivity index (χ2v) is 3.90. The molecule has 0 aliphatic carbocycles. The zero-order valence-electron chi connectivity index (χ0n) is 10.0. The fourth-order valence-corrected chi connectivity index (χ4v) is 1.68. The van der Waals surface area contributed by atoms with Gasteiger partial charge in [0.05, 0.1) is 17.3 Å². The normalized spacial score (nSPS) is 10.1. The van der Waals surface area contributed by atoms with Crippen LogP contribution in [0.4, 0.5) is 10.1 Å². The third-order valence-electron chi connectivity index (χ3n) is 2.69. The molecule has 92 valence electrons. The highest BCUT2D eigenvalue weighted by Crippen LogP contribution is 2.15. The van der Waals surface area contributed by atoms with E-state index in [4.69, 9.17) is 5.26 Å². The average molecular weight is 244 g/mol. The third-order valence-corrected chi connectivity index (χ3v) is 2.69. The van der Waals surface area contributed by atoms with Gasteiger partial charge < -0.3 is 9.88 Å². The number of nitriles is 1. The fraction of sp³-hybridized carbons (Fsp3) is 0.231. The van der Waals surface area contributed by atoms with E-state index in [1.54, 1.807) is 18.3 Å². The van der Waals surface area contributed by atoms with Gasteiger partial charge in [-0.2, -0.15) is 5.26 Å². The lowest BCUT2D eigenvalue weighted by molar-refractivity contribution is 0.626. The molecule has 1 aromatic heterocycles. The summed E-state index contributed by atoms with van der Waals surface area (Å²) in [5.41, 5.74) is 0.732. The Hall–Kier alpha value is -2.35. The molecule has 0 aliphatic rings. The van der Waals surface area contributed by atoms with Crippen molar-refractivity contribution in [2.45, 2.75) is 13.5 Å². The molecule has 0 saturated carbocycles. The summed E-state index contributed by atoms with van der Waals surface area (Å²) in [5.74, 6) is 0.522. The lowest BCUT2D eigenvalue weighted by atomic mass is 10.2. The summed E-state index contributed by atoms with van der Waals surface area (Å²) < 4.78 is 15.5. The van der Waals surface area contributed by atoms with Crippen LogP contribution in [-0.4, -0.2) is 16.1 Å². The molecule has 0 fully saturated rings. The lowest BCUT2D eigenvalue weighted by Crippen LogP contribution is -2.11. The molecular weight excluding hydrogens is 231 g/mol. The Labute approximate surface area is 105 Å². The number of rotatable bonds is 4. The zero-order valence-corrected chi connectivity index (χ0v) is 10.0. The number of hydrogen-bond donors (Lipinski definition) is 1. The molecule has 0 aliphatic heterocycles. The number of halogens is 1. The first kappa shape index (κ1) is 12.1. The summed E-state index contributed by atoms with van der Waals surface area (Å²) in [7, 11) is 0. The Morgan fingerprint density at radius 3 is 2.94 bits per heavy atom. The highest BCUT2D eigenvalue weighted by molar-refractivity contribution is 5.48. The number of anilines is 1. The van der Waals surface area contributed by atoms with Gasteiger partial charge in [-0.25, -0.2) is 9.37 Å². The maximum atomic E-state index is 13.5. The summed E-state index contributed by atoms with van der Waals surface area (Å²) in [6.45, 7) is 3.23. The van der Waals surface area contributed by atoms with Gasteiger partial charge in [-0.1, -0.05) is 0 Å². The van der Waals surface area contributed by atoms with Crippen molar-refractivity contribution in [3.8, 4) is 6.07 Å². The number of imidazole rings is 1. The monoisotopic (exact) mass is 244 g/mol. The molecule has 2 rings (SSSR count). The predicted octanol–water partition coefficient (Wildman–Crippen LogP) is 2.31. The Kier molecular flexibility index (Phi) is 3.58. The first-order valence-electron chi connectivity index (χ1n) is 5.62. The van der Waals surface area contributed by atoms with E-state index in [0.29, 0.717) is 24.3 Å². The van der Waals surface area contributed by atoms with Crippen LogP contribution in [0.5, 0.6) is 0 Å². The molecule has 18 heavy (non-hydrogen) atoms. The van der Waals surface area contributed by atoms with Gasteiger partial charge in [-0.05, 0) is 25.1 Å². The van der Waals surface area contributed by atoms with Crippen molar-refractivity contribution < 1.29 is 4.39 Å². The molecule has 0 radical (unpaired) electrons. The quantitative estimate of drug-likeness (QED) is 0.898. The maximum Gasteiger partial charge on any atom is 0.147 e. The number of nitrogens with zero attached hydrogens (tertiary/aromatic N) is 3. The fourth-order valence-electron chi connectivity index (χ4n) is 1.68. The van der Waals surface area contributed by atoms with Crippen LogP contribution < -0.4 is 5.32 Å². The number of aryl methyl sites for hydroxylation is 1. The van der Waals surface area contributed by atoms with Crippen molar-refractivity contribution in [2.24, 2.45) is 0 Å². The van der Waals surface area contributed by atoms with E-state index >= 15 is 0 Å². The van der Waals surface area contributed by atoms with Crippen molar-refractivity contribution in [3.63, 3.8) is 0 Å². The molecule has 0 amide bonds. The largest absolute Gasteiger partial charge is 0.381 e. The van der Waals surface area contributed by atoms with E-state index in [-0.39, 0.29) is 0 Å². The van der Waals surface area contributed by atoms with Gasteiger partial charge in [0.15, 0.2) is 0 Å². The molecule has 0 unspecified atom stereocenters. The molecule has 0 bridgehead atoms. The second-order valence-electron chi connectivity index (χ2n) is 3.90. The van der Waals surface area contributed by atoms with Crippen LogP contribution in [0.1, 0.15) is 11.4 Å². The molecule has 1 heterocycles. The SMILES string of the molecule is Cc1nccn1CCNc1ccc(C#N)cc1F. The smallest absolute Gasteiger partial charge is 0.147 e. The summed E-state index contributed by atoms with van der Waals surface area (Å²) in [6, 6.07) is 6.30. The summed E-state index contributed by atoms with van der Waals surface area (Å²) >= 11 is 0. The zero-order chi connectivity index (χ0) is 13.0. The first-order chi connectivity index (χ1) is 8.70. The van der Waals surface area contributed by atoms with Crippen LogP contribution in [0.15, 0.2) is 30.6 Å². The number of nitrogens with one attached hydrogen (secondary N) is 1. The number of aromatic nitrogens is 2. The molecule has 1 aromatic carbocycles. The standard InChI is InChI=1S/C13H13FN4/c1-10-16-4-6-18(10)7-5-17-13-3-2-11(9-15)8-12(13)14/h2-4,6,8,17H,5,7H2,1H3. The lowest BCUT2D eigenvalue weighted by Gasteiger charge is -2.09. The Bertz CT molecular complexity index is 583. The van der Waals surface area contributed by atoms with E-state index in [1.807, 2.05) is 23.8 Å². The van der Waals surface area contributed by atoms with Crippen LogP contribution in [0.2, 0.25) is 0 Å². The van der Waals surface area contributed by atoms with Crippen molar-refractivity contribution in [1.29, 1.82) is 5.26 Å². The highest BCUT2D eigenvalue weighted by Gasteiger charge is 2.03. The van der Waals surface area contributed by atoms with Crippen molar-refractivity contribution in [1.82, 2.24) is 9.55 Å². The van der Waals surface area contributed by atoms with Crippen LogP contribution >= 0.6 is 0 Å². The Morgan fingerprint density at radius 2 is 2.33 bits per heavy atom. The van der Waals surface area contributed by atoms with Gasteiger partial charge in [0.2, 0.25) is 0 Å². The molecule has 0 spiro atoms. The second kappa shape index (κ2) is 5.32. The van der Waals surface area contributed by atoms with E-state index in [9.17, 15) is 4.39 Å². The van der Waals surface area contributed by atoms with E-state index < -0.39 is 5.82 Å². The van der Waals surface area contributed by atoms with Gasteiger partial charge in [0.1, 0.15) is 11.6 Å². The van der Waals surface area contributed by atoms with Gasteiger partial charge >= 0.3 is 0 Å². The van der Waals surface area contributed by atoms with Gasteiger partial charge in [0.25, 0.3) is 0 Å². The Morgan fingerprint density at radius 1 is 1.50 bits per heavy atom. The summed E-state index contributed by atoms with van der Waals surface area (Å²) in [6.07, 6.45) is 3.61. The van der Waals surface area contributed by atoms with Gasteiger partial charge in [-0.3, -0.25) is 0 Å². The van der Waals surface area contributed by atoms with E-state index in [0.717, 1.165) is 5.82 Å². The highest BCUT2D eigenvalue weighted by atomic mass is 19.1. The maximum absolute atomic E-state index is 13.5. The van der Waals surface area contributed by atoms with Crippen LogP contribution in [0.3, 0.4) is 0 Å². The molecule has 0 saturated heterocycles. The minimum atomic E-state index is -0.406. The molecule has 2 aromatic rings. The summed E-state index contributed by atoms with van der Waals surface area (Å²) in [4.78, 5) is 4.11. The molecule has 0 atom stereocenters. The molecule has 5 heteroatoms. The number of hydrogen-bond acceptors (Lipinski definition) is 3. The van der Waals surface area contributed by atoms with Crippen LogP contribution in [-0.2, 0) is 6.54 Å². The minimum Gasteiger partial charge on any atom is -0.381 e. The molecule has 4 nitrogen and oxygen atoms in total. The average Bonchev–Trinajstić information content (AvgIpc) is 2.77. The molecule has 1 N–H and O–H groups in total. The topological polar surface area (TPSA) is 53.6 Å². The van der Waals surface area contributed by atoms with Crippen molar-refractivity contribution >= 4 is 5.69 Å². The number of benzene rings is 1. The minimum absolute atomic E-state index is 0.323. The Balaban J connectivity index is 1.95. The third kappa shape index (κ3) is 2.66. The van der Waals surface area contributed by atoms with E-state index in [2.05, 4.69) is 10.3 Å². The van der Waals surface area contributed by atoms with Crippen molar-refractivity contribution in [3.05, 3.63) is 47.8 Å². The van der Waals surface area contributed by atoms with Gasteiger partial charge in [0, 0.05) is 25.5 Å². The van der Waals surface area contributed by atoms with Gasteiger partial charge in [-0.15, -0.1) is 0 Å². The van der Waals surface area contributed by atoms with Crippen molar-refractivity contribution in [2.75, 3.05) is 11.9 Å². The van der Waals surface area contributed by atoms with Crippen LogP contribution in [0, 0.1) is 24.1 Å².